The molecule has 0 heterocycles. The van der Waals surface area contributed by atoms with Gasteiger partial charge in [0, 0.05) is 18.4 Å². The van der Waals surface area contributed by atoms with Crippen molar-refractivity contribution >= 4 is 38.1 Å². The summed E-state index contributed by atoms with van der Waals surface area (Å²) >= 11 is 12.1. The topological polar surface area (TPSA) is 21.6 Å². The van der Waals surface area contributed by atoms with Crippen molar-refractivity contribution in [2.75, 3.05) is 13.2 Å². The van der Waals surface area contributed by atoms with Crippen LogP contribution in [0.5, 0.6) is 0 Å². The first-order valence-corrected chi connectivity index (χ1v) is 9.38. The van der Waals surface area contributed by atoms with E-state index in [1.807, 2.05) is 0 Å². The molecule has 1 saturated carbocycles. The van der Waals surface area contributed by atoms with Crippen molar-refractivity contribution < 1.29 is 4.74 Å². The van der Waals surface area contributed by atoms with Crippen LogP contribution < -0.4 is 0 Å². The molecule has 2 aromatic rings. The van der Waals surface area contributed by atoms with Crippen molar-refractivity contribution in [2.45, 2.75) is 16.7 Å². The number of benzene rings is 2. The second-order valence-corrected chi connectivity index (χ2v) is 8.42. The Morgan fingerprint density at radius 1 is 1.08 bits per heavy atom. The molecule has 0 saturated heterocycles. The zero-order chi connectivity index (χ0) is 16.7. The van der Waals surface area contributed by atoms with Gasteiger partial charge in [-0.2, -0.15) is 0 Å². The molecular formula is C19H18Cl2NOP. The van der Waals surface area contributed by atoms with E-state index < -0.39 is 4.33 Å². The number of nitrogens with zero attached hydrogens (tertiary/aromatic N) is 1. The summed E-state index contributed by atoms with van der Waals surface area (Å²) in [5, 5.41) is 0. The van der Waals surface area contributed by atoms with E-state index in [0.717, 1.165) is 6.42 Å². The van der Waals surface area contributed by atoms with Crippen LogP contribution in [0.1, 0.15) is 23.5 Å². The fraction of sp³-hybridized carbons (Fsp3) is 0.316. The number of rotatable bonds is 4. The number of ether oxygens (including phenoxy) is 1. The van der Waals surface area contributed by atoms with Gasteiger partial charge >= 0.3 is 0 Å². The molecule has 0 N–H and O–H groups in total. The molecule has 24 heavy (non-hydrogen) atoms. The minimum Gasteiger partial charge on any atom is -0.477 e. The van der Waals surface area contributed by atoms with Crippen LogP contribution in [0.15, 0.2) is 53.5 Å². The van der Waals surface area contributed by atoms with Crippen LogP contribution in [0.3, 0.4) is 0 Å². The number of fused-ring (bicyclic) bond motifs is 3. The van der Waals surface area contributed by atoms with Gasteiger partial charge in [-0.1, -0.05) is 48.5 Å². The molecule has 4 rings (SSSR count). The number of hydrogen-bond donors (Lipinski definition) is 0. The molecule has 124 valence electrons. The van der Waals surface area contributed by atoms with E-state index in [0.29, 0.717) is 18.8 Å². The Kier molecular flexibility index (Phi) is 4.33. The summed E-state index contributed by atoms with van der Waals surface area (Å²) in [5.74, 6) is 0.483. The molecule has 2 aliphatic carbocycles. The Balaban J connectivity index is 1.48. The molecule has 0 amide bonds. The standard InChI is InChI=1S/C19H18Cl2NOP/c20-19(21)9-12(19)10-22-18(24)23-11-17-15-7-3-1-5-13(15)14-6-2-4-8-16(14)17/h1-8,12,17H,9-11,24H2/t12-/m1/s1. The van der Waals surface area contributed by atoms with Crippen molar-refractivity contribution in [3.05, 3.63) is 59.7 Å². The summed E-state index contributed by atoms with van der Waals surface area (Å²) in [6, 6.07) is 17.1. The predicted octanol–water partition coefficient (Wildman–Crippen LogP) is 5.24. The largest absolute Gasteiger partial charge is 0.477 e. The molecule has 0 spiro atoms. The SMILES string of the molecule is PC(=NC[C@H]1CC1(Cl)Cl)OCC1c2ccccc2-c2ccccc21. The molecule has 2 aliphatic rings. The molecular weight excluding hydrogens is 360 g/mol. The summed E-state index contributed by atoms with van der Waals surface area (Å²) in [7, 11) is 2.57. The molecule has 2 nitrogen and oxygen atoms in total. The van der Waals surface area contributed by atoms with Gasteiger partial charge in [0.05, 0.1) is 0 Å². The normalized spacial score (nSPS) is 21.3. The third kappa shape index (κ3) is 3.08. The molecule has 5 heteroatoms. The third-order valence-corrected chi connectivity index (χ3v) is 6.06. The summed E-state index contributed by atoms with van der Waals surface area (Å²) in [5.41, 5.74) is 5.86. The van der Waals surface area contributed by atoms with Crippen LogP contribution in [0, 0.1) is 5.92 Å². The van der Waals surface area contributed by atoms with Gasteiger partial charge in [0.15, 0.2) is 5.64 Å². The van der Waals surface area contributed by atoms with Gasteiger partial charge in [-0.3, -0.25) is 4.99 Å². The van der Waals surface area contributed by atoms with Gasteiger partial charge in [0.2, 0.25) is 0 Å². The van der Waals surface area contributed by atoms with E-state index in [9.17, 15) is 0 Å². The molecule has 1 unspecified atom stereocenters. The number of alkyl halides is 2. The zero-order valence-electron chi connectivity index (χ0n) is 13.1. The average molecular weight is 378 g/mol. The molecule has 0 radical (unpaired) electrons. The summed E-state index contributed by atoms with van der Waals surface area (Å²) in [6.07, 6.45) is 0.806. The summed E-state index contributed by atoms with van der Waals surface area (Å²) in [6.45, 7) is 1.19. The van der Waals surface area contributed by atoms with Crippen molar-refractivity contribution in [3.63, 3.8) is 0 Å². The maximum absolute atomic E-state index is 6.03. The van der Waals surface area contributed by atoms with Crippen molar-refractivity contribution in [3.8, 4) is 11.1 Å². The first kappa shape index (κ1) is 16.4. The lowest BCUT2D eigenvalue weighted by Gasteiger charge is -2.14. The van der Waals surface area contributed by atoms with E-state index >= 15 is 0 Å². The lowest BCUT2D eigenvalue weighted by atomic mass is 9.98. The third-order valence-electron chi connectivity index (χ3n) is 4.78. The molecule has 0 bridgehead atoms. The first-order valence-electron chi connectivity index (χ1n) is 8.05. The Morgan fingerprint density at radius 2 is 1.62 bits per heavy atom. The summed E-state index contributed by atoms with van der Waals surface area (Å²) in [4.78, 5) is 4.44. The maximum atomic E-state index is 6.03. The van der Waals surface area contributed by atoms with Crippen LogP contribution >= 0.6 is 32.4 Å². The quantitative estimate of drug-likeness (QED) is 0.309. The van der Waals surface area contributed by atoms with Gasteiger partial charge < -0.3 is 4.74 Å². The highest BCUT2D eigenvalue weighted by Crippen LogP contribution is 2.53. The number of hydrogen-bond acceptors (Lipinski definition) is 2. The zero-order valence-corrected chi connectivity index (χ0v) is 15.8. The van der Waals surface area contributed by atoms with Crippen LogP contribution in [0.2, 0.25) is 0 Å². The minimum absolute atomic E-state index is 0.240. The van der Waals surface area contributed by atoms with Gasteiger partial charge in [-0.25, -0.2) is 0 Å². The van der Waals surface area contributed by atoms with Crippen LogP contribution in [0.25, 0.3) is 11.1 Å². The number of aliphatic imine (C=N–C) groups is 1. The highest BCUT2D eigenvalue weighted by molar-refractivity contribution is 7.39. The van der Waals surface area contributed by atoms with E-state index in [2.05, 4.69) is 62.8 Å². The lowest BCUT2D eigenvalue weighted by molar-refractivity contribution is 0.300. The molecule has 0 aliphatic heterocycles. The monoisotopic (exact) mass is 377 g/mol. The van der Waals surface area contributed by atoms with Crippen LogP contribution in [-0.4, -0.2) is 23.1 Å². The van der Waals surface area contributed by atoms with Crippen LogP contribution in [-0.2, 0) is 4.74 Å². The van der Waals surface area contributed by atoms with E-state index in [1.54, 1.807) is 0 Å². The minimum atomic E-state index is -0.586. The molecule has 0 aromatic heterocycles. The molecule has 1 fully saturated rings. The van der Waals surface area contributed by atoms with Gasteiger partial charge in [-0.05, 0) is 37.9 Å². The fourth-order valence-corrected chi connectivity index (χ4v) is 4.03. The van der Waals surface area contributed by atoms with E-state index in [-0.39, 0.29) is 11.8 Å². The maximum Gasteiger partial charge on any atom is 0.199 e. The highest BCUT2D eigenvalue weighted by atomic mass is 35.5. The Labute approximate surface area is 154 Å². The highest BCUT2D eigenvalue weighted by Gasteiger charge is 2.51. The Bertz CT molecular complexity index is 760. The average Bonchev–Trinajstić information content (AvgIpc) is 3.08. The van der Waals surface area contributed by atoms with Crippen molar-refractivity contribution in [1.82, 2.24) is 0 Å². The van der Waals surface area contributed by atoms with Gasteiger partial charge in [0.1, 0.15) is 10.9 Å². The number of halogens is 2. The lowest BCUT2D eigenvalue weighted by Crippen LogP contribution is -2.09. The molecule has 2 atom stereocenters. The molecule has 2 aromatic carbocycles. The summed E-state index contributed by atoms with van der Waals surface area (Å²) < 4.78 is 5.33. The Morgan fingerprint density at radius 3 is 2.17 bits per heavy atom. The fourth-order valence-electron chi connectivity index (χ4n) is 3.32. The smallest absolute Gasteiger partial charge is 0.199 e. The second kappa shape index (κ2) is 6.33. The van der Waals surface area contributed by atoms with Gasteiger partial charge in [-0.15, -0.1) is 23.2 Å². The van der Waals surface area contributed by atoms with E-state index in [4.69, 9.17) is 27.9 Å². The predicted molar refractivity (Wildman–Crippen MR) is 104 cm³/mol. The Hall–Kier alpha value is -1.08. The van der Waals surface area contributed by atoms with Crippen LogP contribution in [0.4, 0.5) is 0 Å². The van der Waals surface area contributed by atoms with Gasteiger partial charge in [0.25, 0.3) is 0 Å². The van der Waals surface area contributed by atoms with E-state index in [1.165, 1.54) is 22.3 Å². The van der Waals surface area contributed by atoms with Crippen molar-refractivity contribution in [1.29, 1.82) is 0 Å². The second-order valence-electron chi connectivity index (χ2n) is 6.38. The van der Waals surface area contributed by atoms with Crippen molar-refractivity contribution in [2.24, 2.45) is 10.9 Å². The first-order chi connectivity index (χ1) is 11.6.